The van der Waals surface area contributed by atoms with Crippen molar-refractivity contribution in [1.82, 2.24) is 14.8 Å². The Bertz CT molecular complexity index is 1350. The maximum Gasteiger partial charge on any atom is 0.261 e. The highest BCUT2D eigenvalue weighted by atomic mass is 32.2. The van der Waals surface area contributed by atoms with Crippen LogP contribution in [0, 0.1) is 11.3 Å². The maximum absolute atomic E-state index is 12.7. The van der Waals surface area contributed by atoms with Crippen molar-refractivity contribution in [3.8, 4) is 6.07 Å². The number of aromatic nitrogens is 3. The quantitative estimate of drug-likeness (QED) is 0.605. The summed E-state index contributed by atoms with van der Waals surface area (Å²) in [5.41, 5.74) is 0.230. The molecule has 1 aliphatic heterocycles. The molecule has 0 amide bonds. The molecule has 2 N–H and O–H groups in total. The molecule has 0 spiro atoms. The molecule has 1 fully saturated rings. The van der Waals surface area contributed by atoms with E-state index in [2.05, 4.69) is 21.5 Å². The highest BCUT2D eigenvalue weighted by Gasteiger charge is 2.39. The summed E-state index contributed by atoms with van der Waals surface area (Å²) in [5, 5.41) is 17.6. The number of pyridine rings is 1. The fraction of sp³-hybridized carbons (Fsp3) is 0.409. The van der Waals surface area contributed by atoms with Gasteiger partial charge in [-0.25, -0.2) is 8.42 Å². The molecule has 32 heavy (non-hydrogen) atoms. The third-order valence-electron chi connectivity index (χ3n) is 5.78. The molecule has 3 heterocycles. The van der Waals surface area contributed by atoms with E-state index in [0.29, 0.717) is 42.0 Å². The predicted molar refractivity (Wildman–Crippen MR) is 121 cm³/mol. The highest BCUT2D eigenvalue weighted by molar-refractivity contribution is 7.92. The lowest BCUT2D eigenvalue weighted by Crippen LogP contribution is -2.34. The lowest BCUT2D eigenvalue weighted by atomic mass is 9.95. The van der Waals surface area contributed by atoms with Crippen molar-refractivity contribution < 1.29 is 13.2 Å². The number of aromatic amines is 1. The minimum absolute atomic E-state index is 0.204. The van der Waals surface area contributed by atoms with Crippen molar-refractivity contribution in [3.05, 3.63) is 46.9 Å². The lowest BCUT2D eigenvalue weighted by Gasteiger charge is -2.25. The number of anilines is 2. The molecule has 0 bridgehead atoms. The van der Waals surface area contributed by atoms with E-state index in [1.165, 1.54) is 12.1 Å². The number of H-pyrrole nitrogens is 1. The molecule has 1 aliphatic rings. The molecule has 168 valence electrons. The first kappa shape index (κ1) is 22.0. The number of sulfone groups is 1. The monoisotopic (exact) mass is 455 g/mol. The summed E-state index contributed by atoms with van der Waals surface area (Å²) in [4.78, 5) is 15.5. The van der Waals surface area contributed by atoms with Crippen LogP contribution in [-0.4, -0.2) is 41.1 Å². The van der Waals surface area contributed by atoms with Crippen molar-refractivity contribution >= 4 is 32.2 Å². The zero-order chi connectivity index (χ0) is 23.1. The summed E-state index contributed by atoms with van der Waals surface area (Å²) in [6.45, 7) is 5.82. The molecule has 9 nitrogen and oxygen atoms in total. The molecule has 0 radical (unpaired) electrons. The van der Waals surface area contributed by atoms with E-state index < -0.39 is 20.1 Å². The van der Waals surface area contributed by atoms with Gasteiger partial charge in [-0.3, -0.25) is 9.48 Å². The van der Waals surface area contributed by atoms with Gasteiger partial charge in [-0.2, -0.15) is 10.4 Å². The summed E-state index contributed by atoms with van der Waals surface area (Å²) in [6.07, 6.45) is 2.37. The van der Waals surface area contributed by atoms with E-state index in [9.17, 15) is 18.5 Å². The number of nitrogens with zero attached hydrogens (tertiary/aromatic N) is 3. The largest absolute Gasteiger partial charge is 0.379 e. The molecule has 2 aromatic heterocycles. The van der Waals surface area contributed by atoms with Crippen LogP contribution in [0.3, 0.4) is 0 Å². The summed E-state index contributed by atoms with van der Waals surface area (Å²) in [6, 6.07) is 10.3. The van der Waals surface area contributed by atoms with Crippen LogP contribution < -0.4 is 10.9 Å². The first-order chi connectivity index (χ1) is 15.1. The second-order valence-corrected chi connectivity index (χ2v) is 11.7. The van der Waals surface area contributed by atoms with Gasteiger partial charge in [0.1, 0.15) is 10.9 Å². The van der Waals surface area contributed by atoms with Crippen LogP contribution in [0.5, 0.6) is 0 Å². The fourth-order valence-electron chi connectivity index (χ4n) is 3.86. The third kappa shape index (κ3) is 3.57. The summed E-state index contributed by atoms with van der Waals surface area (Å²) in [7, 11) is -3.48. The Balaban J connectivity index is 1.77. The Kier molecular flexibility index (Phi) is 5.35. The number of ether oxygens (including phenoxy) is 1. The zero-order valence-electron chi connectivity index (χ0n) is 18.2. The van der Waals surface area contributed by atoms with Crippen LogP contribution in [0.15, 0.2) is 46.2 Å². The van der Waals surface area contributed by atoms with Crippen LogP contribution >= 0.6 is 0 Å². The molecule has 10 heteroatoms. The predicted octanol–water partition coefficient (Wildman–Crippen LogP) is 3.07. The van der Waals surface area contributed by atoms with E-state index in [-0.39, 0.29) is 16.9 Å². The topological polar surface area (TPSA) is 130 Å². The normalized spacial score (nSPS) is 19.2. The average molecular weight is 456 g/mol. The van der Waals surface area contributed by atoms with E-state index >= 15 is 0 Å². The van der Waals surface area contributed by atoms with Crippen LogP contribution in [-0.2, 0) is 20.1 Å². The Hall–Kier alpha value is -3.16. The number of hydrogen-bond acceptors (Lipinski definition) is 7. The van der Waals surface area contributed by atoms with Crippen LogP contribution in [0.4, 0.5) is 11.5 Å². The van der Waals surface area contributed by atoms with E-state index in [0.717, 1.165) is 0 Å². The number of nitriles is 1. The van der Waals surface area contributed by atoms with Gasteiger partial charge in [-0.05, 0) is 57.5 Å². The zero-order valence-corrected chi connectivity index (χ0v) is 19.0. The number of rotatable bonds is 5. The SMILES string of the molecule is CC(C)(C)S(=O)(=O)c1ccc(Nc2nn([C@]3(CC#N)CCOC3)c3cc[nH]c(=O)c23)cc1. The Morgan fingerprint density at radius 1 is 1.28 bits per heavy atom. The number of hydrogen-bond donors (Lipinski definition) is 2. The fourth-order valence-corrected chi connectivity index (χ4v) is 5.06. The smallest absolute Gasteiger partial charge is 0.261 e. The molecule has 1 atom stereocenters. The molecule has 0 aliphatic carbocycles. The molecule has 1 saturated heterocycles. The van der Waals surface area contributed by atoms with E-state index in [1.807, 2.05) is 0 Å². The van der Waals surface area contributed by atoms with Crippen LogP contribution in [0.1, 0.15) is 33.6 Å². The van der Waals surface area contributed by atoms with Crippen molar-refractivity contribution in [2.75, 3.05) is 18.5 Å². The first-order valence-electron chi connectivity index (χ1n) is 10.3. The van der Waals surface area contributed by atoms with Gasteiger partial charge in [0.2, 0.25) is 0 Å². The Morgan fingerprint density at radius 2 is 2.00 bits per heavy atom. The average Bonchev–Trinajstić information content (AvgIpc) is 3.34. The van der Waals surface area contributed by atoms with Crippen molar-refractivity contribution in [1.29, 1.82) is 5.26 Å². The molecule has 0 saturated carbocycles. The van der Waals surface area contributed by atoms with Crippen molar-refractivity contribution in [3.63, 3.8) is 0 Å². The highest BCUT2D eigenvalue weighted by Crippen LogP contribution is 2.35. The Morgan fingerprint density at radius 3 is 2.59 bits per heavy atom. The molecular weight excluding hydrogens is 430 g/mol. The maximum atomic E-state index is 12.7. The van der Waals surface area contributed by atoms with Gasteiger partial charge in [0.15, 0.2) is 15.7 Å². The Labute approximate surface area is 185 Å². The number of nitrogens with one attached hydrogen (secondary N) is 2. The standard InChI is InChI=1S/C22H25N5O4S/c1-21(2,3)32(29,30)16-6-4-15(5-7-16)25-19-18-17(8-12-24-20(18)28)27(26-19)22(9-11-23)10-13-31-14-22/h4-8,12H,9-10,13-14H2,1-3H3,(H,24,28)(H,25,26)/t22-/m1/s1. The first-order valence-corrected chi connectivity index (χ1v) is 11.7. The van der Waals surface area contributed by atoms with Crippen molar-refractivity contribution in [2.24, 2.45) is 0 Å². The van der Waals surface area contributed by atoms with Crippen molar-refractivity contribution in [2.45, 2.75) is 48.8 Å². The lowest BCUT2D eigenvalue weighted by molar-refractivity contribution is 0.151. The van der Waals surface area contributed by atoms with Gasteiger partial charge in [0.05, 0.1) is 34.3 Å². The minimum atomic E-state index is -3.48. The summed E-state index contributed by atoms with van der Waals surface area (Å²) >= 11 is 0. The minimum Gasteiger partial charge on any atom is -0.379 e. The number of fused-ring (bicyclic) bond motifs is 1. The van der Waals surface area contributed by atoms with Gasteiger partial charge < -0.3 is 15.0 Å². The van der Waals surface area contributed by atoms with Gasteiger partial charge in [-0.15, -0.1) is 0 Å². The van der Waals surface area contributed by atoms with Crippen LogP contribution in [0.25, 0.3) is 10.9 Å². The van der Waals surface area contributed by atoms with Gasteiger partial charge in [0.25, 0.3) is 5.56 Å². The molecular formula is C22H25N5O4S. The second-order valence-electron chi connectivity index (χ2n) is 8.95. The number of benzene rings is 1. The molecule has 3 aromatic rings. The van der Waals surface area contributed by atoms with Gasteiger partial charge in [0, 0.05) is 18.5 Å². The van der Waals surface area contributed by atoms with E-state index in [1.54, 1.807) is 49.8 Å². The molecule has 1 aromatic carbocycles. The van der Waals surface area contributed by atoms with E-state index in [4.69, 9.17) is 4.74 Å². The van der Waals surface area contributed by atoms with Gasteiger partial charge >= 0.3 is 0 Å². The summed E-state index contributed by atoms with van der Waals surface area (Å²) < 4.78 is 31.7. The summed E-state index contributed by atoms with van der Waals surface area (Å²) in [5.74, 6) is 0.331. The molecule has 0 unspecified atom stereocenters. The second kappa shape index (κ2) is 7.76. The van der Waals surface area contributed by atoms with Crippen LogP contribution in [0.2, 0.25) is 0 Å². The van der Waals surface area contributed by atoms with Gasteiger partial charge in [-0.1, -0.05) is 0 Å². The molecule has 4 rings (SSSR count). The third-order valence-corrected chi connectivity index (χ3v) is 8.28.